The zero-order valence-electron chi connectivity index (χ0n) is 22.9. The van der Waals surface area contributed by atoms with Crippen molar-refractivity contribution < 1.29 is 19.1 Å². The molecule has 0 spiro atoms. The molecule has 204 valence electrons. The number of hydrogen-bond acceptors (Lipinski definition) is 5. The summed E-state index contributed by atoms with van der Waals surface area (Å²) >= 11 is 0. The summed E-state index contributed by atoms with van der Waals surface area (Å²) < 4.78 is 12.0. The predicted molar refractivity (Wildman–Crippen MR) is 152 cm³/mol. The third-order valence-electron chi connectivity index (χ3n) is 9.22. The summed E-state index contributed by atoms with van der Waals surface area (Å²) in [5.41, 5.74) is 0.717. The van der Waals surface area contributed by atoms with Gasteiger partial charge in [-0.05, 0) is 91.6 Å². The summed E-state index contributed by atoms with van der Waals surface area (Å²) in [5.74, 6) is 1.26. The van der Waals surface area contributed by atoms with E-state index >= 15 is 0 Å². The second kappa shape index (κ2) is 10.3. The van der Waals surface area contributed by atoms with Crippen molar-refractivity contribution >= 4 is 22.6 Å². The average Bonchev–Trinajstić information content (AvgIpc) is 3.76. The van der Waals surface area contributed by atoms with E-state index in [-0.39, 0.29) is 17.9 Å². The highest BCUT2D eigenvalue weighted by atomic mass is 16.6. The van der Waals surface area contributed by atoms with Gasteiger partial charge in [0.2, 0.25) is 0 Å². The van der Waals surface area contributed by atoms with Crippen molar-refractivity contribution in [3.63, 3.8) is 0 Å². The van der Waals surface area contributed by atoms with Crippen LogP contribution in [-0.4, -0.2) is 55.2 Å². The van der Waals surface area contributed by atoms with E-state index in [1.807, 2.05) is 48.5 Å². The topological polar surface area (TPSA) is 67.9 Å². The number of nitrogens with zero attached hydrogens (tertiary/aromatic N) is 1. The maximum atomic E-state index is 13.5. The van der Waals surface area contributed by atoms with Crippen molar-refractivity contribution in [1.29, 1.82) is 0 Å². The first-order valence-electron chi connectivity index (χ1n) is 14.3. The molecule has 39 heavy (non-hydrogen) atoms. The highest BCUT2D eigenvalue weighted by Gasteiger charge is 2.61. The number of amides is 1. The number of likely N-dealkylation sites (tertiary alicyclic amines) is 1. The first-order valence-corrected chi connectivity index (χ1v) is 14.3. The molecule has 1 N–H and O–H groups in total. The van der Waals surface area contributed by atoms with Crippen LogP contribution in [0.3, 0.4) is 0 Å². The van der Waals surface area contributed by atoms with Crippen molar-refractivity contribution in [3.8, 4) is 5.75 Å². The summed E-state index contributed by atoms with van der Waals surface area (Å²) in [5, 5.41) is 5.53. The van der Waals surface area contributed by atoms with Gasteiger partial charge in [0.05, 0.1) is 7.11 Å². The van der Waals surface area contributed by atoms with Crippen molar-refractivity contribution in [2.75, 3.05) is 26.7 Å². The second-order valence-corrected chi connectivity index (χ2v) is 11.8. The number of fused-ring (bicyclic) bond motifs is 2. The Morgan fingerprint density at radius 1 is 0.974 bits per heavy atom. The Kier molecular flexibility index (Phi) is 6.84. The van der Waals surface area contributed by atoms with Gasteiger partial charge in [-0.15, -0.1) is 0 Å². The molecule has 6 rings (SSSR count). The van der Waals surface area contributed by atoms with Gasteiger partial charge in [-0.3, -0.25) is 14.5 Å². The molecule has 1 aliphatic heterocycles. The van der Waals surface area contributed by atoms with Crippen LogP contribution in [0.4, 0.5) is 0 Å². The third-order valence-corrected chi connectivity index (χ3v) is 9.22. The number of rotatable bonds is 7. The van der Waals surface area contributed by atoms with E-state index in [1.165, 1.54) is 19.8 Å². The Balaban J connectivity index is 1.33. The van der Waals surface area contributed by atoms with E-state index in [2.05, 4.69) is 28.4 Å². The molecule has 3 aliphatic rings. The van der Waals surface area contributed by atoms with Gasteiger partial charge in [-0.2, -0.15) is 0 Å². The molecule has 3 fully saturated rings. The van der Waals surface area contributed by atoms with Crippen LogP contribution < -0.4 is 10.1 Å². The lowest BCUT2D eigenvalue weighted by molar-refractivity contribution is -0.186. The van der Waals surface area contributed by atoms with Gasteiger partial charge in [0.1, 0.15) is 11.4 Å². The van der Waals surface area contributed by atoms with E-state index < -0.39 is 11.0 Å². The Labute approximate surface area is 230 Å². The molecule has 6 nitrogen and oxygen atoms in total. The predicted octanol–water partition coefficient (Wildman–Crippen LogP) is 5.49. The summed E-state index contributed by atoms with van der Waals surface area (Å²) in [7, 11) is 1.68. The zero-order valence-corrected chi connectivity index (χ0v) is 22.9. The van der Waals surface area contributed by atoms with Crippen LogP contribution in [0.15, 0.2) is 66.7 Å². The summed E-state index contributed by atoms with van der Waals surface area (Å²) in [6.07, 6.45) is 5.62. The molecular weight excluding hydrogens is 488 g/mol. The van der Waals surface area contributed by atoms with Crippen LogP contribution in [0.2, 0.25) is 0 Å². The SMILES string of the molecule is COc1cccc(C23CCN(CC4CC4)CC2(OC(C)=O)CCC(NC(=O)c2ccc4ccccc4c2)C3)c1. The van der Waals surface area contributed by atoms with Gasteiger partial charge in [0.25, 0.3) is 5.91 Å². The second-order valence-electron chi connectivity index (χ2n) is 11.8. The van der Waals surface area contributed by atoms with Crippen LogP contribution in [0.5, 0.6) is 5.75 Å². The van der Waals surface area contributed by atoms with Crippen LogP contribution in [0.25, 0.3) is 10.8 Å². The number of nitrogens with one attached hydrogen (secondary N) is 1. The quantitative estimate of drug-likeness (QED) is 0.413. The van der Waals surface area contributed by atoms with Crippen molar-refractivity contribution in [1.82, 2.24) is 10.2 Å². The first kappa shape index (κ1) is 25.9. The number of carbonyl (C=O) groups is 2. The molecule has 3 unspecified atom stereocenters. The van der Waals surface area contributed by atoms with Gasteiger partial charge < -0.3 is 14.8 Å². The standard InChI is InChI=1S/C33H38N2O4/c1-23(36)39-33-15-14-29(34-31(37)27-13-12-25-6-3-4-7-26(25)18-27)20-32(33,28-8-5-9-30(19-28)38-2)16-17-35(22-33)21-24-10-11-24/h3-9,12-13,18-19,24,29H,10-11,14-17,20-22H2,1-2H3,(H,34,37). The van der Waals surface area contributed by atoms with Gasteiger partial charge in [-0.25, -0.2) is 0 Å². The normalized spacial score (nSPS) is 27.0. The lowest BCUT2D eigenvalue weighted by Crippen LogP contribution is -2.68. The minimum absolute atomic E-state index is 0.0335. The molecule has 0 bridgehead atoms. The molecule has 1 amide bonds. The van der Waals surface area contributed by atoms with E-state index in [0.29, 0.717) is 18.4 Å². The van der Waals surface area contributed by atoms with Crippen LogP contribution in [0, 0.1) is 5.92 Å². The largest absolute Gasteiger partial charge is 0.497 e. The van der Waals surface area contributed by atoms with Crippen molar-refractivity contribution in [3.05, 3.63) is 77.9 Å². The van der Waals surface area contributed by atoms with E-state index in [9.17, 15) is 9.59 Å². The third kappa shape index (κ3) is 5.03. The van der Waals surface area contributed by atoms with Crippen molar-refractivity contribution in [2.45, 2.75) is 62.5 Å². The summed E-state index contributed by atoms with van der Waals surface area (Å²) in [4.78, 5) is 28.6. The van der Waals surface area contributed by atoms with E-state index in [4.69, 9.17) is 9.47 Å². The Bertz CT molecular complexity index is 1380. The Morgan fingerprint density at radius 3 is 2.56 bits per heavy atom. The first-order chi connectivity index (χ1) is 18.9. The fraction of sp³-hybridized carbons (Fsp3) is 0.455. The Morgan fingerprint density at radius 2 is 1.79 bits per heavy atom. The average molecular weight is 527 g/mol. The lowest BCUT2D eigenvalue weighted by Gasteiger charge is -2.59. The van der Waals surface area contributed by atoms with Gasteiger partial charge in [0.15, 0.2) is 0 Å². The maximum absolute atomic E-state index is 13.5. The number of piperidine rings is 1. The smallest absolute Gasteiger partial charge is 0.303 e. The van der Waals surface area contributed by atoms with Gasteiger partial charge in [-0.1, -0.05) is 42.5 Å². The van der Waals surface area contributed by atoms with E-state index in [1.54, 1.807) is 7.11 Å². The number of esters is 1. The molecule has 3 aromatic rings. The Hall–Kier alpha value is -3.38. The van der Waals surface area contributed by atoms with Crippen LogP contribution in [-0.2, 0) is 14.9 Å². The summed E-state index contributed by atoms with van der Waals surface area (Å²) in [6, 6.07) is 22.1. The maximum Gasteiger partial charge on any atom is 0.303 e. The molecule has 6 heteroatoms. The van der Waals surface area contributed by atoms with E-state index in [0.717, 1.165) is 60.5 Å². The minimum atomic E-state index is -0.650. The number of carbonyl (C=O) groups excluding carboxylic acids is 2. The molecule has 1 saturated heterocycles. The number of hydrogen-bond donors (Lipinski definition) is 1. The molecule has 2 aliphatic carbocycles. The highest BCUT2D eigenvalue weighted by molar-refractivity contribution is 5.98. The molecule has 3 atom stereocenters. The zero-order chi connectivity index (χ0) is 27.0. The molecule has 0 radical (unpaired) electrons. The summed E-state index contributed by atoms with van der Waals surface area (Å²) in [6.45, 7) is 4.27. The minimum Gasteiger partial charge on any atom is -0.497 e. The fourth-order valence-electron chi connectivity index (χ4n) is 7.15. The number of ether oxygens (including phenoxy) is 2. The molecular formula is C33H38N2O4. The van der Waals surface area contributed by atoms with Crippen LogP contribution >= 0.6 is 0 Å². The van der Waals surface area contributed by atoms with Crippen LogP contribution in [0.1, 0.15) is 61.4 Å². The number of methoxy groups -OCH3 is 1. The fourth-order valence-corrected chi connectivity index (χ4v) is 7.15. The van der Waals surface area contributed by atoms with Gasteiger partial charge >= 0.3 is 5.97 Å². The molecule has 1 heterocycles. The number of benzene rings is 3. The monoisotopic (exact) mass is 526 g/mol. The van der Waals surface area contributed by atoms with Gasteiger partial charge in [0, 0.05) is 37.0 Å². The molecule has 0 aromatic heterocycles. The molecule has 2 saturated carbocycles. The lowest BCUT2D eigenvalue weighted by atomic mass is 9.55. The molecule has 3 aromatic carbocycles. The highest BCUT2D eigenvalue weighted by Crippen LogP contribution is 2.54. The van der Waals surface area contributed by atoms with Crippen molar-refractivity contribution in [2.24, 2.45) is 5.92 Å².